The molecule has 0 aromatic carbocycles. The van der Waals surface area contributed by atoms with Crippen LogP contribution in [0, 0.1) is 0 Å². The highest BCUT2D eigenvalue weighted by Gasteiger charge is 2.20. The van der Waals surface area contributed by atoms with E-state index in [0.29, 0.717) is 6.42 Å². The van der Waals surface area contributed by atoms with Crippen molar-refractivity contribution in [3.05, 3.63) is 0 Å². The van der Waals surface area contributed by atoms with Crippen LogP contribution in [0.3, 0.4) is 0 Å². The second kappa shape index (κ2) is 3.86. The average molecular weight is 162 g/mol. The van der Waals surface area contributed by atoms with Crippen LogP contribution >= 0.6 is 11.8 Å². The summed E-state index contributed by atoms with van der Waals surface area (Å²) in [6.45, 7) is 4.04. The average Bonchev–Trinajstić information content (AvgIpc) is 1.87. The number of thioether (sulfide) groups is 1. The molecule has 0 unspecified atom stereocenters. The van der Waals surface area contributed by atoms with Crippen molar-refractivity contribution in [3.8, 4) is 0 Å². The molecule has 0 bridgehead atoms. The van der Waals surface area contributed by atoms with E-state index in [1.165, 1.54) is 7.11 Å². The molecule has 0 aromatic rings. The molecule has 0 radical (unpaired) electrons. The van der Waals surface area contributed by atoms with Crippen molar-refractivity contribution in [2.24, 2.45) is 0 Å². The van der Waals surface area contributed by atoms with E-state index in [1.54, 1.807) is 11.8 Å². The van der Waals surface area contributed by atoms with Gasteiger partial charge in [0.05, 0.1) is 13.5 Å². The van der Waals surface area contributed by atoms with Gasteiger partial charge in [-0.3, -0.25) is 4.79 Å². The molecule has 0 heterocycles. The molecule has 0 amide bonds. The van der Waals surface area contributed by atoms with Crippen molar-refractivity contribution in [2.75, 3.05) is 13.4 Å². The Morgan fingerprint density at radius 1 is 1.60 bits per heavy atom. The lowest BCUT2D eigenvalue weighted by atomic mass is 10.1. The molecular formula is C7H14O2S. The zero-order valence-electron chi connectivity index (χ0n) is 6.93. The lowest BCUT2D eigenvalue weighted by Crippen LogP contribution is -2.20. The van der Waals surface area contributed by atoms with Gasteiger partial charge in [-0.05, 0) is 6.26 Å². The maximum atomic E-state index is 10.8. The van der Waals surface area contributed by atoms with Crippen LogP contribution in [0.25, 0.3) is 0 Å². The Kier molecular flexibility index (Phi) is 3.79. The summed E-state index contributed by atoms with van der Waals surface area (Å²) in [4.78, 5) is 10.8. The van der Waals surface area contributed by atoms with Gasteiger partial charge in [-0.1, -0.05) is 13.8 Å². The quantitative estimate of drug-likeness (QED) is 0.591. The first-order valence-electron chi connectivity index (χ1n) is 3.14. The van der Waals surface area contributed by atoms with E-state index in [0.717, 1.165) is 0 Å². The van der Waals surface area contributed by atoms with Gasteiger partial charge in [-0.25, -0.2) is 0 Å². The van der Waals surface area contributed by atoms with Gasteiger partial charge in [0.15, 0.2) is 0 Å². The van der Waals surface area contributed by atoms with Gasteiger partial charge in [0.1, 0.15) is 0 Å². The summed E-state index contributed by atoms with van der Waals surface area (Å²) >= 11 is 1.67. The molecule has 0 saturated carbocycles. The van der Waals surface area contributed by atoms with Gasteiger partial charge in [0.2, 0.25) is 0 Å². The molecule has 0 aromatic heterocycles. The number of rotatable bonds is 3. The van der Waals surface area contributed by atoms with Gasteiger partial charge in [0, 0.05) is 4.75 Å². The van der Waals surface area contributed by atoms with Gasteiger partial charge in [0.25, 0.3) is 0 Å². The van der Waals surface area contributed by atoms with Crippen molar-refractivity contribution < 1.29 is 9.53 Å². The normalized spacial score (nSPS) is 11.2. The lowest BCUT2D eigenvalue weighted by Gasteiger charge is -2.19. The molecule has 60 valence electrons. The summed E-state index contributed by atoms with van der Waals surface area (Å²) in [5, 5.41) is 0. The number of carbonyl (C=O) groups excluding carboxylic acids is 1. The van der Waals surface area contributed by atoms with Gasteiger partial charge in [-0.15, -0.1) is 0 Å². The van der Waals surface area contributed by atoms with E-state index in [1.807, 2.05) is 20.1 Å². The molecule has 0 aliphatic rings. The van der Waals surface area contributed by atoms with Gasteiger partial charge < -0.3 is 4.74 Å². The molecule has 0 spiro atoms. The van der Waals surface area contributed by atoms with Crippen LogP contribution in [-0.2, 0) is 9.53 Å². The molecule has 0 saturated heterocycles. The van der Waals surface area contributed by atoms with Crippen LogP contribution in [0.4, 0.5) is 0 Å². The minimum atomic E-state index is -0.139. The predicted octanol–water partition coefficient (Wildman–Crippen LogP) is 1.69. The van der Waals surface area contributed by atoms with E-state index < -0.39 is 0 Å². The van der Waals surface area contributed by atoms with Crippen LogP contribution in [0.1, 0.15) is 20.3 Å². The number of hydrogen-bond acceptors (Lipinski definition) is 3. The summed E-state index contributed by atoms with van der Waals surface area (Å²) in [6.07, 6.45) is 2.47. The van der Waals surface area contributed by atoms with E-state index in [2.05, 4.69) is 4.74 Å². The summed E-state index contributed by atoms with van der Waals surface area (Å²) in [5.74, 6) is -0.139. The second-order valence-electron chi connectivity index (χ2n) is 2.72. The molecule has 0 aliphatic heterocycles. The Morgan fingerprint density at radius 2 is 2.10 bits per heavy atom. The number of methoxy groups -OCH3 is 1. The maximum Gasteiger partial charge on any atom is 0.306 e. The first-order valence-corrected chi connectivity index (χ1v) is 4.36. The Hall–Kier alpha value is -0.180. The predicted molar refractivity (Wildman–Crippen MR) is 44.2 cm³/mol. The van der Waals surface area contributed by atoms with Crippen molar-refractivity contribution in [1.82, 2.24) is 0 Å². The van der Waals surface area contributed by atoms with Crippen molar-refractivity contribution in [2.45, 2.75) is 25.0 Å². The third-order valence-corrected chi connectivity index (χ3v) is 2.60. The monoisotopic (exact) mass is 162 g/mol. The fourth-order valence-corrected chi connectivity index (χ4v) is 0.754. The van der Waals surface area contributed by atoms with Crippen molar-refractivity contribution >= 4 is 17.7 Å². The van der Waals surface area contributed by atoms with Crippen molar-refractivity contribution in [1.29, 1.82) is 0 Å². The SMILES string of the molecule is COC(=O)CC(C)(C)SC. The lowest BCUT2D eigenvalue weighted by molar-refractivity contribution is -0.141. The molecule has 3 heteroatoms. The topological polar surface area (TPSA) is 26.3 Å². The largest absolute Gasteiger partial charge is 0.469 e. The molecule has 0 fully saturated rings. The Morgan fingerprint density at radius 3 is 2.40 bits per heavy atom. The molecule has 0 N–H and O–H groups in total. The fraction of sp³-hybridized carbons (Fsp3) is 0.857. The number of esters is 1. The van der Waals surface area contributed by atoms with Crippen molar-refractivity contribution in [3.63, 3.8) is 0 Å². The highest BCUT2D eigenvalue weighted by atomic mass is 32.2. The third-order valence-electron chi connectivity index (χ3n) is 1.35. The highest BCUT2D eigenvalue weighted by Crippen LogP contribution is 2.25. The summed E-state index contributed by atoms with van der Waals surface area (Å²) in [5.41, 5.74) is 0. The van der Waals surface area contributed by atoms with E-state index in [4.69, 9.17) is 0 Å². The maximum absolute atomic E-state index is 10.8. The molecule has 10 heavy (non-hydrogen) atoms. The van der Waals surface area contributed by atoms with E-state index in [-0.39, 0.29) is 10.7 Å². The second-order valence-corrected chi connectivity index (χ2v) is 4.23. The number of hydrogen-bond donors (Lipinski definition) is 0. The van der Waals surface area contributed by atoms with Crippen LogP contribution in [0.15, 0.2) is 0 Å². The van der Waals surface area contributed by atoms with E-state index in [9.17, 15) is 4.79 Å². The van der Waals surface area contributed by atoms with E-state index >= 15 is 0 Å². The molecule has 0 rings (SSSR count). The molecule has 0 atom stereocenters. The number of carbonyl (C=O) groups is 1. The first kappa shape index (κ1) is 9.82. The smallest absolute Gasteiger partial charge is 0.306 e. The Bertz CT molecular complexity index is 121. The molecular weight excluding hydrogens is 148 g/mol. The zero-order valence-corrected chi connectivity index (χ0v) is 7.75. The van der Waals surface area contributed by atoms with Crippen LogP contribution in [0.2, 0.25) is 0 Å². The van der Waals surface area contributed by atoms with Gasteiger partial charge >= 0.3 is 5.97 Å². The summed E-state index contributed by atoms with van der Waals surface area (Å²) in [7, 11) is 1.42. The standard InChI is InChI=1S/C7H14O2S/c1-7(2,10-4)5-6(8)9-3/h5H2,1-4H3. The van der Waals surface area contributed by atoms with Crippen LogP contribution < -0.4 is 0 Å². The minimum Gasteiger partial charge on any atom is -0.469 e. The molecule has 0 aliphatic carbocycles. The van der Waals surface area contributed by atoms with Gasteiger partial charge in [-0.2, -0.15) is 11.8 Å². The summed E-state index contributed by atoms with van der Waals surface area (Å²) < 4.78 is 4.54. The first-order chi connectivity index (χ1) is 4.52. The Balaban J connectivity index is 3.76. The Labute approximate surface area is 66.3 Å². The minimum absolute atomic E-state index is 0.00704. The van der Waals surface area contributed by atoms with Crippen LogP contribution in [-0.4, -0.2) is 24.1 Å². The fourth-order valence-electron chi connectivity index (χ4n) is 0.492. The third kappa shape index (κ3) is 3.77. The summed E-state index contributed by atoms with van der Waals surface area (Å²) in [6, 6.07) is 0. The highest BCUT2D eigenvalue weighted by molar-refractivity contribution is 7.99. The zero-order chi connectivity index (χ0) is 8.20. The van der Waals surface area contributed by atoms with Crippen LogP contribution in [0.5, 0.6) is 0 Å². The molecule has 2 nitrogen and oxygen atoms in total. The number of ether oxygens (including phenoxy) is 1.